The maximum absolute atomic E-state index is 12.6. The number of piperidine rings is 1. The second-order valence-electron chi connectivity index (χ2n) is 5.89. The molecule has 2 unspecified atom stereocenters. The Labute approximate surface area is 128 Å². The molecule has 2 heterocycles. The standard InChI is InChI=1S/C17H23NO3/c1-18-13-7-8-14(18)10-15(9-13)21-17(20)16(11-19)12-5-3-2-4-6-12/h2-6,13-16,19H,7-11H2,1H3/t13-,14?,15-,16?/m1/s1/i15D,16D. The third kappa shape index (κ3) is 2.97. The molecule has 2 saturated heterocycles. The summed E-state index contributed by atoms with van der Waals surface area (Å²) in [5, 5.41) is 9.62. The monoisotopic (exact) mass is 291 g/mol. The first-order valence-electron chi connectivity index (χ1n) is 8.50. The van der Waals surface area contributed by atoms with Crippen LogP contribution in [0.15, 0.2) is 30.3 Å². The molecule has 4 atom stereocenters. The van der Waals surface area contributed by atoms with Crippen LogP contribution in [0.1, 0.15) is 39.9 Å². The number of nitrogens with zero attached hydrogens (tertiary/aromatic N) is 1. The van der Waals surface area contributed by atoms with Crippen LogP contribution < -0.4 is 0 Å². The Hall–Kier alpha value is -1.39. The first-order chi connectivity index (χ1) is 10.9. The summed E-state index contributed by atoms with van der Waals surface area (Å²) in [5.74, 6) is -2.72. The normalized spacial score (nSPS) is 36.5. The molecule has 0 radical (unpaired) electrons. The lowest BCUT2D eigenvalue weighted by Crippen LogP contribution is -2.43. The molecular weight excluding hydrogens is 266 g/mol. The van der Waals surface area contributed by atoms with Gasteiger partial charge in [-0.05, 0) is 38.3 Å². The molecule has 0 aliphatic carbocycles. The molecule has 0 aromatic heterocycles. The van der Waals surface area contributed by atoms with E-state index in [9.17, 15) is 9.90 Å². The predicted octanol–water partition coefficient (Wildman–Crippen LogP) is 1.93. The number of carbonyl (C=O) groups is 1. The number of rotatable bonds is 4. The summed E-state index contributed by atoms with van der Waals surface area (Å²) in [6, 6.07) is 8.98. The van der Waals surface area contributed by atoms with Crippen molar-refractivity contribution in [1.82, 2.24) is 4.90 Å². The van der Waals surface area contributed by atoms with Gasteiger partial charge in [0.25, 0.3) is 0 Å². The number of fused-ring (bicyclic) bond motifs is 2. The molecule has 4 nitrogen and oxygen atoms in total. The zero-order valence-electron chi connectivity index (χ0n) is 14.3. The molecule has 1 aromatic rings. The van der Waals surface area contributed by atoms with E-state index in [0.29, 0.717) is 18.4 Å². The SMILES string of the molecule is [2H]C(CO)(C(=O)O[C@@]1([2H])CC2CC[C@H](C1)N2C)c1ccccc1. The molecule has 3 rings (SSSR count). The Morgan fingerprint density at radius 3 is 2.62 bits per heavy atom. The largest absolute Gasteiger partial charge is 0.462 e. The molecule has 0 amide bonds. The highest BCUT2D eigenvalue weighted by Gasteiger charge is 2.40. The van der Waals surface area contributed by atoms with Gasteiger partial charge in [0.15, 0.2) is 0 Å². The van der Waals surface area contributed by atoms with E-state index in [1.54, 1.807) is 30.3 Å². The highest BCUT2D eigenvalue weighted by Crippen LogP contribution is 2.36. The van der Waals surface area contributed by atoms with Gasteiger partial charge in [-0.1, -0.05) is 30.3 Å². The highest BCUT2D eigenvalue weighted by atomic mass is 16.5. The van der Waals surface area contributed by atoms with Gasteiger partial charge in [-0.15, -0.1) is 0 Å². The number of carbonyl (C=O) groups excluding carboxylic acids is 1. The summed E-state index contributed by atoms with van der Waals surface area (Å²) in [7, 11) is 2.05. The van der Waals surface area contributed by atoms with Crippen LogP contribution in [-0.2, 0) is 9.53 Å². The number of aliphatic hydroxyl groups excluding tert-OH is 1. The van der Waals surface area contributed by atoms with Crippen molar-refractivity contribution < 1.29 is 17.4 Å². The molecule has 0 spiro atoms. The highest BCUT2D eigenvalue weighted by molar-refractivity contribution is 5.78. The molecule has 1 N–H and O–H groups in total. The Kier molecular flexibility index (Phi) is 3.57. The number of esters is 1. The van der Waals surface area contributed by atoms with Crippen LogP contribution in [0.25, 0.3) is 0 Å². The van der Waals surface area contributed by atoms with E-state index in [1.165, 1.54) is 0 Å². The van der Waals surface area contributed by atoms with Gasteiger partial charge in [-0.3, -0.25) is 4.79 Å². The zero-order valence-corrected chi connectivity index (χ0v) is 12.3. The topological polar surface area (TPSA) is 49.8 Å². The number of hydrogen-bond acceptors (Lipinski definition) is 4. The Balaban J connectivity index is 1.78. The molecular formula is C17H23NO3. The lowest BCUT2D eigenvalue weighted by Gasteiger charge is -2.36. The van der Waals surface area contributed by atoms with Gasteiger partial charge in [0.2, 0.25) is 0 Å². The molecule has 2 fully saturated rings. The second kappa shape index (κ2) is 6.16. The second-order valence-corrected chi connectivity index (χ2v) is 5.89. The first kappa shape index (κ1) is 12.2. The van der Waals surface area contributed by atoms with E-state index in [2.05, 4.69) is 11.9 Å². The van der Waals surface area contributed by atoms with Crippen molar-refractivity contribution in [3.63, 3.8) is 0 Å². The average molecular weight is 291 g/mol. The van der Waals surface area contributed by atoms with Crippen LogP contribution in [0.5, 0.6) is 0 Å². The number of aliphatic hydroxyl groups is 1. The molecule has 21 heavy (non-hydrogen) atoms. The lowest BCUT2D eigenvalue weighted by atomic mass is 9.98. The van der Waals surface area contributed by atoms with Crippen molar-refractivity contribution in [1.29, 1.82) is 0 Å². The fraction of sp³-hybridized carbons (Fsp3) is 0.588. The van der Waals surface area contributed by atoms with Crippen LogP contribution in [0.4, 0.5) is 0 Å². The minimum Gasteiger partial charge on any atom is -0.462 e. The Morgan fingerprint density at radius 1 is 1.43 bits per heavy atom. The van der Waals surface area contributed by atoms with E-state index in [-0.39, 0.29) is 12.1 Å². The van der Waals surface area contributed by atoms with Gasteiger partial charge in [0, 0.05) is 13.5 Å². The summed E-state index contributed by atoms with van der Waals surface area (Å²) in [5.41, 5.74) is 0.381. The quantitative estimate of drug-likeness (QED) is 0.861. The molecule has 1 aromatic carbocycles. The van der Waals surface area contributed by atoms with Gasteiger partial charge in [-0.25, -0.2) is 0 Å². The third-order valence-electron chi connectivity index (χ3n) is 4.68. The Bertz CT molecular complexity index is 568. The predicted molar refractivity (Wildman–Crippen MR) is 80.0 cm³/mol. The van der Waals surface area contributed by atoms with E-state index in [4.69, 9.17) is 7.48 Å². The minimum atomic E-state index is -1.88. The van der Waals surface area contributed by atoms with Crippen LogP contribution >= 0.6 is 0 Å². The van der Waals surface area contributed by atoms with E-state index in [1.807, 2.05) is 0 Å². The van der Waals surface area contributed by atoms with Crippen molar-refractivity contribution in [2.45, 2.75) is 49.7 Å². The number of benzene rings is 1. The minimum absolute atomic E-state index is 0.255. The maximum atomic E-state index is 12.6. The van der Waals surface area contributed by atoms with E-state index >= 15 is 0 Å². The van der Waals surface area contributed by atoms with Crippen LogP contribution in [0.2, 0.25) is 0 Å². The smallest absolute Gasteiger partial charge is 0.316 e. The number of hydrogen-bond donors (Lipinski definition) is 1. The van der Waals surface area contributed by atoms with Gasteiger partial charge in [0.1, 0.15) is 12.0 Å². The summed E-state index contributed by atoms with van der Waals surface area (Å²) in [4.78, 5) is 14.8. The summed E-state index contributed by atoms with van der Waals surface area (Å²) >= 11 is 0. The molecule has 2 aliphatic heterocycles. The summed E-state index contributed by atoms with van der Waals surface area (Å²) in [6.45, 7) is -0.668. The van der Waals surface area contributed by atoms with Gasteiger partial charge < -0.3 is 14.7 Å². The van der Waals surface area contributed by atoms with Crippen molar-refractivity contribution in [3.05, 3.63) is 35.9 Å². The molecule has 2 aliphatic rings. The van der Waals surface area contributed by atoms with Crippen LogP contribution in [-0.4, -0.2) is 47.8 Å². The lowest BCUT2D eigenvalue weighted by molar-refractivity contribution is -0.155. The van der Waals surface area contributed by atoms with Gasteiger partial charge in [0.05, 0.1) is 7.98 Å². The molecule has 4 heteroatoms. The van der Waals surface area contributed by atoms with Crippen LogP contribution in [0.3, 0.4) is 0 Å². The third-order valence-corrected chi connectivity index (χ3v) is 4.68. The zero-order chi connectivity index (χ0) is 16.7. The van der Waals surface area contributed by atoms with Gasteiger partial charge >= 0.3 is 5.97 Å². The summed E-state index contributed by atoms with van der Waals surface area (Å²) < 4.78 is 22.4. The number of ether oxygens (including phenoxy) is 1. The molecule has 2 bridgehead atoms. The average Bonchev–Trinajstić information content (AvgIpc) is 2.77. The summed E-state index contributed by atoms with van der Waals surface area (Å²) in [6.07, 6.45) is 1.66. The van der Waals surface area contributed by atoms with Gasteiger partial charge in [-0.2, -0.15) is 0 Å². The van der Waals surface area contributed by atoms with E-state index < -0.39 is 24.6 Å². The van der Waals surface area contributed by atoms with Crippen molar-refractivity contribution in [2.75, 3.05) is 13.7 Å². The van der Waals surface area contributed by atoms with Crippen molar-refractivity contribution in [3.8, 4) is 0 Å². The fourth-order valence-corrected chi connectivity index (χ4v) is 3.38. The first-order valence-corrected chi connectivity index (χ1v) is 7.50. The molecule has 114 valence electrons. The fourth-order valence-electron chi connectivity index (χ4n) is 3.38. The Morgan fingerprint density at radius 2 is 2.05 bits per heavy atom. The van der Waals surface area contributed by atoms with Crippen LogP contribution in [0, 0.1) is 0 Å². The molecule has 0 saturated carbocycles. The maximum Gasteiger partial charge on any atom is 0.316 e. The van der Waals surface area contributed by atoms with Crippen molar-refractivity contribution >= 4 is 5.97 Å². The van der Waals surface area contributed by atoms with Crippen molar-refractivity contribution in [2.24, 2.45) is 0 Å². The van der Waals surface area contributed by atoms with E-state index in [0.717, 1.165) is 12.8 Å².